The normalized spacial score (nSPS) is 10.8. The maximum absolute atomic E-state index is 11.9. The van der Waals surface area contributed by atoms with E-state index in [0.29, 0.717) is 5.56 Å². The molecule has 0 bridgehead atoms. The van der Waals surface area contributed by atoms with E-state index in [4.69, 9.17) is 4.74 Å². The Labute approximate surface area is 103 Å². The van der Waals surface area contributed by atoms with E-state index in [9.17, 15) is 4.79 Å². The first kappa shape index (κ1) is 13.2. The summed E-state index contributed by atoms with van der Waals surface area (Å²) in [6, 6.07) is 5.53. The van der Waals surface area contributed by atoms with Gasteiger partial charge in [0.1, 0.15) is 5.60 Å². The highest BCUT2D eigenvalue weighted by Gasteiger charge is 2.20. The van der Waals surface area contributed by atoms with Gasteiger partial charge >= 0.3 is 5.97 Å². The number of carbonyl (C=O) groups is 1. The molecular weight excluding hydrogens is 212 g/mol. The first-order chi connectivity index (χ1) is 7.88. The quantitative estimate of drug-likeness (QED) is 0.581. The van der Waals surface area contributed by atoms with E-state index in [2.05, 4.69) is 13.2 Å². The van der Waals surface area contributed by atoms with E-state index in [0.717, 1.165) is 11.1 Å². The van der Waals surface area contributed by atoms with Crippen LogP contribution in [-0.4, -0.2) is 11.6 Å². The fourth-order valence-corrected chi connectivity index (χ4v) is 1.39. The van der Waals surface area contributed by atoms with Gasteiger partial charge in [0.15, 0.2) is 0 Å². The lowest BCUT2D eigenvalue weighted by Gasteiger charge is -2.20. The molecule has 1 rings (SSSR count). The lowest BCUT2D eigenvalue weighted by atomic mass is 10.1. The van der Waals surface area contributed by atoms with Crippen LogP contribution in [0.3, 0.4) is 0 Å². The molecule has 1 aromatic rings. The van der Waals surface area contributed by atoms with Crippen LogP contribution in [0.5, 0.6) is 0 Å². The first-order valence-corrected chi connectivity index (χ1v) is 5.49. The monoisotopic (exact) mass is 230 g/mol. The van der Waals surface area contributed by atoms with E-state index in [-0.39, 0.29) is 5.97 Å². The SMILES string of the molecule is C=Cc1cc(C)cc(C(=O)OC(C)(C)C=C)c1. The molecule has 0 saturated carbocycles. The molecule has 0 heterocycles. The van der Waals surface area contributed by atoms with Crippen LogP contribution in [0.2, 0.25) is 0 Å². The van der Waals surface area contributed by atoms with Crippen molar-refractivity contribution in [1.29, 1.82) is 0 Å². The highest BCUT2D eigenvalue weighted by molar-refractivity contribution is 5.90. The van der Waals surface area contributed by atoms with E-state index < -0.39 is 5.60 Å². The Hall–Kier alpha value is -1.83. The number of benzene rings is 1. The Morgan fingerprint density at radius 1 is 1.29 bits per heavy atom. The van der Waals surface area contributed by atoms with Crippen molar-refractivity contribution in [2.24, 2.45) is 0 Å². The summed E-state index contributed by atoms with van der Waals surface area (Å²) in [7, 11) is 0. The van der Waals surface area contributed by atoms with Gasteiger partial charge in [0.2, 0.25) is 0 Å². The van der Waals surface area contributed by atoms with E-state index in [1.165, 1.54) is 0 Å². The lowest BCUT2D eigenvalue weighted by Crippen LogP contribution is -2.25. The van der Waals surface area contributed by atoms with Crippen molar-refractivity contribution in [3.8, 4) is 0 Å². The molecule has 0 aliphatic rings. The number of carbonyl (C=O) groups excluding carboxylic acids is 1. The van der Waals surface area contributed by atoms with E-state index in [1.807, 2.05) is 13.0 Å². The van der Waals surface area contributed by atoms with Gasteiger partial charge in [0.05, 0.1) is 5.56 Å². The largest absolute Gasteiger partial charge is 0.452 e. The molecule has 2 nitrogen and oxygen atoms in total. The number of aryl methyl sites for hydroxylation is 1. The van der Waals surface area contributed by atoms with Gasteiger partial charge in [-0.2, -0.15) is 0 Å². The molecule has 0 radical (unpaired) electrons. The summed E-state index contributed by atoms with van der Waals surface area (Å²) in [5, 5.41) is 0. The molecule has 90 valence electrons. The molecule has 0 atom stereocenters. The smallest absolute Gasteiger partial charge is 0.339 e. The zero-order chi connectivity index (χ0) is 13.1. The summed E-state index contributed by atoms with van der Waals surface area (Å²) in [5.74, 6) is -0.346. The minimum Gasteiger partial charge on any atom is -0.452 e. The second-order valence-corrected chi connectivity index (χ2v) is 4.53. The van der Waals surface area contributed by atoms with Crippen molar-refractivity contribution in [3.63, 3.8) is 0 Å². The van der Waals surface area contributed by atoms with Crippen molar-refractivity contribution in [2.75, 3.05) is 0 Å². The van der Waals surface area contributed by atoms with Crippen LogP contribution in [0.4, 0.5) is 0 Å². The maximum atomic E-state index is 11.9. The van der Waals surface area contributed by atoms with Crippen LogP contribution in [-0.2, 0) is 4.74 Å². The molecule has 0 aliphatic carbocycles. The summed E-state index contributed by atoms with van der Waals surface area (Å²) in [4.78, 5) is 11.9. The molecule has 0 saturated heterocycles. The summed E-state index contributed by atoms with van der Waals surface area (Å²) in [6.45, 7) is 12.9. The second kappa shape index (κ2) is 5.00. The Bertz CT molecular complexity index is 456. The van der Waals surface area contributed by atoms with Gasteiger partial charge in [-0.1, -0.05) is 25.3 Å². The second-order valence-electron chi connectivity index (χ2n) is 4.53. The molecule has 0 N–H and O–H groups in total. The molecule has 0 spiro atoms. The van der Waals surface area contributed by atoms with Gasteiger partial charge in [-0.3, -0.25) is 0 Å². The molecule has 17 heavy (non-hydrogen) atoms. The Balaban J connectivity index is 3.00. The van der Waals surface area contributed by atoms with Gasteiger partial charge in [-0.15, -0.1) is 0 Å². The fraction of sp³-hybridized carbons (Fsp3) is 0.267. The van der Waals surface area contributed by atoms with Crippen molar-refractivity contribution >= 4 is 12.0 Å². The average Bonchev–Trinajstić information content (AvgIpc) is 2.27. The highest BCUT2D eigenvalue weighted by Crippen LogP contribution is 2.17. The molecular formula is C15H18O2. The van der Waals surface area contributed by atoms with Crippen molar-refractivity contribution in [1.82, 2.24) is 0 Å². The van der Waals surface area contributed by atoms with Crippen LogP contribution in [0.25, 0.3) is 6.08 Å². The van der Waals surface area contributed by atoms with E-state index in [1.54, 1.807) is 38.1 Å². The zero-order valence-corrected chi connectivity index (χ0v) is 10.6. The average molecular weight is 230 g/mol. The standard InChI is InChI=1S/C15H18O2/c1-6-12-8-11(3)9-13(10-12)14(16)17-15(4,5)7-2/h6-10H,1-2H2,3-5H3. The summed E-state index contributed by atoms with van der Waals surface area (Å²) < 4.78 is 5.34. The summed E-state index contributed by atoms with van der Waals surface area (Å²) >= 11 is 0. The van der Waals surface area contributed by atoms with E-state index >= 15 is 0 Å². The number of ether oxygens (including phenoxy) is 1. The Morgan fingerprint density at radius 2 is 1.94 bits per heavy atom. The highest BCUT2D eigenvalue weighted by atomic mass is 16.6. The van der Waals surface area contributed by atoms with Gasteiger partial charge in [0.25, 0.3) is 0 Å². The molecule has 0 amide bonds. The Morgan fingerprint density at radius 3 is 2.47 bits per heavy atom. The molecule has 2 heteroatoms. The third-order valence-corrected chi connectivity index (χ3v) is 2.42. The van der Waals surface area contributed by atoms with Crippen LogP contribution in [0.15, 0.2) is 37.4 Å². The van der Waals surface area contributed by atoms with Crippen LogP contribution in [0.1, 0.15) is 35.3 Å². The van der Waals surface area contributed by atoms with Crippen molar-refractivity contribution < 1.29 is 9.53 Å². The summed E-state index contributed by atoms with van der Waals surface area (Å²) in [6.07, 6.45) is 3.32. The van der Waals surface area contributed by atoms with Gasteiger partial charge in [-0.25, -0.2) is 4.79 Å². The van der Waals surface area contributed by atoms with Crippen molar-refractivity contribution in [2.45, 2.75) is 26.4 Å². The topological polar surface area (TPSA) is 26.3 Å². The number of hydrogen-bond acceptors (Lipinski definition) is 2. The maximum Gasteiger partial charge on any atom is 0.339 e. The molecule has 0 fully saturated rings. The van der Waals surface area contributed by atoms with Gasteiger partial charge in [-0.05, 0) is 50.1 Å². The molecule has 0 aromatic heterocycles. The van der Waals surface area contributed by atoms with Crippen LogP contribution in [0, 0.1) is 6.92 Å². The zero-order valence-electron chi connectivity index (χ0n) is 10.6. The summed E-state index contributed by atoms with van der Waals surface area (Å²) in [5.41, 5.74) is 1.80. The number of esters is 1. The minimum absolute atomic E-state index is 0.346. The minimum atomic E-state index is -0.658. The lowest BCUT2D eigenvalue weighted by molar-refractivity contribution is 0.0174. The number of rotatable bonds is 4. The van der Waals surface area contributed by atoms with Crippen LogP contribution >= 0.6 is 0 Å². The number of hydrogen-bond donors (Lipinski definition) is 0. The first-order valence-electron chi connectivity index (χ1n) is 5.49. The predicted molar refractivity (Wildman–Crippen MR) is 71.0 cm³/mol. The van der Waals surface area contributed by atoms with Crippen molar-refractivity contribution in [3.05, 3.63) is 54.1 Å². The fourth-order valence-electron chi connectivity index (χ4n) is 1.39. The third kappa shape index (κ3) is 3.59. The van der Waals surface area contributed by atoms with Gasteiger partial charge in [0, 0.05) is 0 Å². The van der Waals surface area contributed by atoms with Gasteiger partial charge < -0.3 is 4.74 Å². The Kier molecular flexibility index (Phi) is 3.89. The third-order valence-electron chi connectivity index (χ3n) is 2.42. The van der Waals surface area contributed by atoms with Crippen LogP contribution < -0.4 is 0 Å². The molecule has 0 aliphatic heterocycles. The predicted octanol–water partition coefficient (Wildman–Crippen LogP) is 3.76. The molecule has 0 unspecified atom stereocenters. The molecule has 1 aromatic carbocycles.